The van der Waals surface area contributed by atoms with Crippen molar-refractivity contribution in [1.29, 1.82) is 0 Å². The number of rotatable bonds is 5. The fourth-order valence-electron chi connectivity index (χ4n) is 0.786. The van der Waals surface area contributed by atoms with Gasteiger partial charge in [0.25, 0.3) is 0 Å². The lowest BCUT2D eigenvalue weighted by Crippen LogP contribution is -2.18. The van der Waals surface area contributed by atoms with Crippen LogP contribution in [0.5, 0.6) is 0 Å². The standard InChI is InChI=1S/C7H16NO/c1-4-6-7(5-2)9-8-3/h7-8H,3-6H2,1-2H3. The number of hydroxylamine groups is 1. The van der Waals surface area contributed by atoms with Crippen LogP contribution in [0.3, 0.4) is 0 Å². The maximum Gasteiger partial charge on any atom is 0.0787 e. The summed E-state index contributed by atoms with van der Waals surface area (Å²) in [6, 6.07) is 0. The zero-order chi connectivity index (χ0) is 7.11. The second-order valence-corrected chi connectivity index (χ2v) is 2.08. The van der Waals surface area contributed by atoms with E-state index in [1.54, 1.807) is 0 Å². The van der Waals surface area contributed by atoms with E-state index in [9.17, 15) is 0 Å². The molecule has 9 heavy (non-hydrogen) atoms. The molecule has 0 aromatic heterocycles. The highest BCUT2D eigenvalue weighted by Crippen LogP contribution is 2.03. The predicted molar refractivity (Wildman–Crippen MR) is 38.6 cm³/mol. The van der Waals surface area contributed by atoms with E-state index in [4.69, 9.17) is 4.84 Å². The summed E-state index contributed by atoms with van der Waals surface area (Å²) in [4.78, 5) is 5.07. The fraction of sp³-hybridized carbons (Fsp3) is 0.857. The average molecular weight is 130 g/mol. The molecule has 1 N–H and O–H groups in total. The molecule has 0 spiro atoms. The molecule has 0 aliphatic rings. The first kappa shape index (κ1) is 8.92. The summed E-state index contributed by atoms with van der Waals surface area (Å²) >= 11 is 0. The Balaban J connectivity index is 3.18. The van der Waals surface area contributed by atoms with Gasteiger partial charge in [-0.05, 0) is 12.8 Å². The Labute approximate surface area is 57.5 Å². The molecule has 1 radical (unpaired) electrons. The van der Waals surface area contributed by atoms with Gasteiger partial charge in [0.05, 0.1) is 6.10 Å². The molecule has 0 bridgehead atoms. The van der Waals surface area contributed by atoms with Crippen molar-refractivity contribution in [3.63, 3.8) is 0 Å². The van der Waals surface area contributed by atoms with Crippen LogP contribution in [0.4, 0.5) is 0 Å². The maximum absolute atomic E-state index is 5.07. The zero-order valence-corrected chi connectivity index (χ0v) is 6.31. The topological polar surface area (TPSA) is 21.3 Å². The number of hydrogen-bond acceptors (Lipinski definition) is 2. The lowest BCUT2D eigenvalue weighted by Gasteiger charge is -2.12. The molecule has 2 heteroatoms. The van der Waals surface area contributed by atoms with Crippen molar-refractivity contribution in [3.8, 4) is 0 Å². The minimum Gasteiger partial charge on any atom is -0.298 e. The fourth-order valence-corrected chi connectivity index (χ4v) is 0.786. The van der Waals surface area contributed by atoms with Crippen molar-refractivity contribution < 1.29 is 4.84 Å². The maximum atomic E-state index is 5.07. The van der Waals surface area contributed by atoms with E-state index in [-0.39, 0.29) is 0 Å². The molecule has 1 unspecified atom stereocenters. The van der Waals surface area contributed by atoms with Gasteiger partial charge < -0.3 is 0 Å². The summed E-state index contributed by atoms with van der Waals surface area (Å²) in [5.41, 5.74) is 2.45. The van der Waals surface area contributed by atoms with Gasteiger partial charge in [0, 0.05) is 7.05 Å². The summed E-state index contributed by atoms with van der Waals surface area (Å²) in [6.07, 6.45) is 3.67. The number of nitrogens with one attached hydrogen (secondary N) is 1. The van der Waals surface area contributed by atoms with Gasteiger partial charge in [0.2, 0.25) is 0 Å². The van der Waals surface area contributed by atoms with Crippen molar-refractivity contribution in [1.82, 2.24) is 5.48 Å². The highest BCUT2D eigenvalue weighted by Gasteiger charge is 2.02. The van der Waals surface area contributed by atoms with Gasteiger partial charge in [-0.15, -0.1) is 0 Å². The molecule has 0 saturated heterocycles. The molecule has 0 aliphatic heterocycles. The molecule has 0 fully saturated rings. The van der Waals surface area contributed by atoms with Crippen LogP contribution in [-0.4, -0.2) is 6.10 Å². The van der Waals surface area contributed by atoms with Crippen LogP contribution in [0, 0.1) is 7.05 Å². The van der Waals surface area contributed by atoms with Crippen molar-refractivity contribution in [2.75, 3.05) is 0 Å². The van der Waals surface area contributed by atoms with Crippen molar-refractivity contribution in [2.24, 2.45) is 0 Å². The first-order valence-corrected chi connectivity index (χ1v) is 3.52. The minimum absolute atomic E-state index is 0.340. The molecule has 0 heterocycles. The van der Waals surface area contributed by atoms with Gasteiger partial charge >= 0.3 is 0 Å². The van der Waals surface area contributed by atoms with E-state index < -0.39 is 0 Å². The van der Waals surface area contributed by atoms with Crippen LogP contribution >= 0.6 is 0 Å². The van der Waals surface area contributed by atoms with Crippen molar-refractivity contribution in [3.05, 3.63) is 7.05 Å². The van der Waals surface area contributed by atoms with Crippen LogP contribution in [0.1, 0.15) is 33.1 Å². The largest absolute Gasteiger partial charge is 0.298 e. The van der Waals surface area contributed by atoms with Gasteiger partial charge in [0.1, 0.15) is 0 Å². The van der Waals surface area contributed by atoms with Gasteiger partial charge in [0.15, 0.2) is 0 Å². The molecule has 0 aromatic carbocycles. The average Bonchev–Trinajstić information content (AvgIpc) is 1.88. The third kappa shape index (κ3) is 4.43. The molecule has 1 atom stereocenters. The zero-order valence-electron chi connectivity index (χ0n) is 6.31. The quantitative estimate of drug-likeness (QED) is 0.574. The Morgan fingerprint density at radius 1 is 1.56 bits per heavy atom. The lowest BCUT2D eigenvalue weighted by atomic mass is 10.2. The van der Waals surface area contributed by atoms with Gasteiger partial charge in [-0.25, -0.2) is 5.48 Å². The minimum atomic E-state index is 0.340. The molecule has 0 aromatic rings. The monoisotopic (exact) mass is 130 g/mol. The molecular weight excluding hydrogens is 114 g/mol. The highest BCUT2D eigenvalue weighted by atomic mass is 16.7. The van der Waals surface area contributed by atoms with E-state index in [0.717, 1.165) is 12.8 Å². The molecule has 0 saturated carbocycles. The second-order valence-electron chi connectivity index (χ2n) is 2.08. The summed E-state index contributed by atoms with van der Waals surface area (Å²) < 4.78 is 0. The Kier molecular flexibility index (Phi) is 5.99. The van der Waals surface area contributed by atoms with Gasteiger partial charge in [-0.1, -0.05) is 20.3 Å². The second kappa shape index (κ2) is 6.05. The third-order valence-corrected chi connectivity index (χ3v) is 1.32. The summed E-state index contributed by atoms with van der Waals surface area (Å²) in [6.45, 7) is 4.26. The summed E-state index contributed by atoms with van der Waals surface area (Å²) in [5, 5.41) is 0. The molecule has 0 aliphatic carbocycles. The Hall–Kier alpha value is -0.0800. The van der Waals surface area contributed by atoms with Crippen LogP contribution in [0.2, 0.25) is 0 Å². The van der Waals surface area contributed by atoms with Crippen LogP contribution in [0.15, 0.2) is 0 Å². The van der Waals surface area contributed by atoms with Gasteiger partial charge in [-0.3, -0.25) is 4.84 Å². The van der Waals surface area contributed by atoms with Crippen LogP contribution < -0.4 is 5.48 Å². The molecule has 0 rings (SSSR count). The normalized spacial score (nSPS) is 13.7. The van der Waals surface area contributed by atoms with Crippen LogP contribution in [0.25, 0.3) is 0 Å². The first-order valence-electron chi connectivity index (χ1n) is 3.52. The summed E-state index contributed by atoms with van der Waals surface area (Å²) in [7, 11) is 3.38. The van der Waals surface area contributed by atoms with E-state index in [0.29, 0.717) is 6.10 Å². The smallest absolute Gasteiger partial charge is 0.0787 e. The first-order chi connectivity index (χ1) is 4.35. The van der Waals surface area contributed by atoms with E-state index >= 15 is 0 Å². The molecule has 2 nitrogen and oxygen atoms in total. The third-order valence-electron chi connectivity index (χ3n) is 1.32. The Morgan fingerprint density at radius 2 is 2.22 bits per heavy atom. The van der Waals surface area contributed by atoms with E-state index in [1.807, 2.05) is 0 Å². The molecule has 0 amide bonds. The van der Waals surface area contributed by atoms with Gasteiger partial charge in [-0.2, -0.15) is 0 Å². The predicted octanol–water partition coefficient (Wildman–Crippen LogP) is 1.88. The Bertz CT molecular complexity index is 50.9. The Morgan fingerprint density at radius 3 is 2.56 bits per heavy atom. The van der Waals surface area contributed by atoms with E-state index in [1.165, 1.54) is 6.42 Å². The van der Waals surface area contributed by atoms with E-state index in [2.05, 4.69) is 26.4 Å². The highest BCUT2D eigenvalue weighted by molar-refractivity contribution is 4.51. The van der Waals surface area contributed by atoms with Crippen LogP contribution in [-0.2, 0) is 4.84 Å². The lowest BCUT2D eigenvalue weighted by molar-refractivity contribution is -0.00949. The molecular formula is C7H16NO. The summed E-state index contributed by atoms with van der Waals surface area (Å²) in [5.74, 6) is 0. The van der Waals surface area contributed by atoms with Crippen molar-refractivity contribution >= 4 is 0 Å². The van der Waals surface area contributed by atoms with Crippen molar-refractivity contribution in [2.45, 2.75) is 39.2 Å². The molecule has 55 valence electrons. The SMILES string of the molecule is [CH2]NOC(CC)CCC. The number of hydrogen-bond donors (Lipinski definition) is 1.